The van der Waals surface area contributed by atoms with Gasteiger partial charge in [-0.05, 0) is 67.2 Å². The number of hydrogen-bond acceptors (Lipinski definition) is 6. The van der Waals surface area contributed by atoms with Crippen LogP contribution in [0.15, 0.2) is 42.5 Å². The SMILES string of the molecule is CC(C)(Cc1cccc(CC(=O)O)c1)NC[C@@H](O[Si](C)(C)C(C)(C)C)c1ccc(O)c(NS(C)(=O)=O)c1. The smallest absolute Gasteiger partial charge is 0.307 e. The summed E-state index contributed by atoms with van der Waals surface area (Å²) < 4.78 is 32.8. The fourth-order valence-electron chi connectivity index (χ4n) is 3.76. The predicted molar refractivity (Wildman–Crippen MR) is 151 cm³/mol. The largest absolute Gasteiger partial charge is 0.506 e. The maximum Gasteiger partial charge on any atom is 0.307 e. The second kappa shape index (κ2) is 11.5. The van der Waals surface area contributed by atoms with E-state index in [4.69, 9.17) is 9.53 Å². The minimum Gasteiger partial charge on any atom is -0.506 e. The Kier molecular flexibility index (Phi) is 9.62. The maximum atomic E-state index is 11.8. The number of phenols is 1. The van der Waals surface area contributed by atoms with Crippen molar-refractivity contribution in [3.8, 4) is 5.75 Å². The lowest BCUT2D eigenvalue weighted by atomic mass is 9.93. The number of carboxylic acid groups (broad SMARTS) is 1. The number of aromatic hydroxyl groups is 1. The van der Waals surface area contributed by atoms with Gasteiger partial charge in [0.2, 0.25) is 10.0 Å². The zero-order valence-electron chi connectivity index (χ0n) is 23.2. The van der Waals surface area contributed by atoms with Gasteiger partial charge >= 0.3 is 5.97 Å². The molecule has 0 spiro atoms. The Morgan fingerprint density at radius 1 is 1.05 bits per heavy atom. The van der Waals surface area contributed by atoms with E-state index < -0.39 is 24.3 Å². The Labute approximate surface area is 222 Å². The average Bonchev–Trinajstić information content (AvgIpc) is 2.70. The molecule has 0 saturated carbocycles. The fraction of sp³-hybridized carbons (Fsp3) is 0.519. The molecule has 2 aromatic rings. The van der Waals surface area contributed by atoms with Crippen LogP contribution in [0.1, 0.15) is 57.4 Å². The van der Waals surface area contributed by atoms with Gasteiger partial charge in [0, 0.05) is 12.1 Å². The summed E-state index contributed by atoms with van der Waals surface area (Å²) >= 11 is 0. The van der Waals surface area contributed by atoms with E-state index in [1.165, 1.54) is 6.07 Å². The molecule has 0 aromatic heterocycles. The lowest BCUT2D eigenvalue weighted by Gasteiger charge is -2.40. The number of hydrogen-bond donors (Lipinski definition) is 4. The van der Waals surface area contributed by atoms with E-state index in [0.717, 1.165) is 22.9 Å². The standard InChI is InChI=1S/C27H42N2O6SSi/c1-26(2,3)37(7,8)35-24(21-12-13-23(30)22(16-21)29-36(6,33)34)18-28-27(4,5)17-20-11-9-10-19(14-20)15-25(31)32/h9-14,16,24,28-30H,15,17-18H2,1-8H3,(H,31,32)/t24-/m1/s1. The van der Waals surface area contributed by atoms with E-state index in [2.05, 4.69) is 57.8 Å². The predicted octanol–water partition coefficient (Wildman–Crippen LogP) is 5.06. The molecular formula is C27H42N2O6SSi. The number of sulfonamides is 1. The zero-order valence-corrected chi connectivity index (χ0v) is 25.0. The molecule has 10 heteroatoms. The first-order valence-corrected chi connectivity index (χ1v) is 17.1. The molecule has 0 aliphatic heterocycles. The molecule has 0 aliphatic rings. The third-order valence-electron chi connectivity index (χ3n) is 6.69. The summed E-state index contributed by atoms with van der Waals surface area (Å²) in [7, 11) is -5.80. The minimum absolute atomic E-state index is 0.0190. The molecule has 0 heterocycles. The molecule has 37 heavy (non-hydrogen) atoms. The number of phenolic OH excluding ortho intramolecular Hbond substituents is 1. The first kappa shape index (κ1) is 30.8. The molecule has 2 aromatic carbocycles. The Balaban J connectivity index is 2.32. The Morgan fingerprint density at radius 3 is 2.24 bits per heavy atom. The van der Waals surface area contributed by atoms with Crippen molar-refractivity contribution in [3.63, 3.8) is 0 Å². The van der Waals surface area contributed by atoms with Gasteiger partial charge in [0.25, 0.3) is 0 Å². The van der Waals surface area contributed by atoms with E-state index in [1.807, 2.05) is 24.3 Å². The Hall–Kier alpha value is -2.40. The third kappa shape index (κ3) is 9.77. The fourth-order valence-corrected chi connectivity index (χ4v) is 5.61. The van der Waals surface area contributed by atoms with Crippen molar-refractivity contribution in [2.45, 2.75) is 77.2 Å². The molecule has 4 N–H and O–H groups in total. The highest BCUT2D eigenvalue weighted by Crippen LogP contribution is 2.40. The average molecular weight is 551 g/mol. The van der Waals surface area contributed by atoms with Crippen LogP contribution in [0.2, 0.25) is 18.1 Å². The highest BCUT2D eigenvalue weighted by molar-refractivity contribution is 7.92. The van der Waals surface area contributed by atoms with Crippen LogP contribution >= 0.6 is 0 Å². The molecule has 0 unspecified atom stereocenters. The molecule has 0 aliphatic carbocycles. The molecule has 0 amide bonds. The number of carbonyl (C=O) groups is 1. The van der Waals surface area contributed by atoms with E-state index in [-0.39, 0.29) is 34.5 Å². The molecule has 1 atom stereocenters. The van der Waals surface area contributed by atoms with Gasteiger partial charge in [0.15, 0.2) is 8.32 Å². The van der Waals surface area contributed by atoms with Gasteiger partial charge in [0.1, 0.15) is 5.75 Å². The molecule has 206 valence electrons. The normalized spacial score (nSPS) is 13.8. The van der Waals surface area contributed by atoms with Crippen molar-refractivity contribution in [1.29, 1.82) is 0 Å². The quantitative estimate of drug-likeness (QED) is 0.215. The molecule has 0 saturated heterocycles. The topological polar surface area (TPSA) is 125 Å². The van der Waals surface area contributed by atoms with E-state index >= 15 is 0 Å². The van der Waals surface area contributed by atoms with Crippen LogP contribution < -0.4 is 10.0 Å². The van der Waals surface area contributed by atoms with Crippen molar-refractivity contribution in [2.75, 3.05) is 17.5 Å². The van der Waals surface area contributed by atoms with Gasteiger partial charge < -0.3 is 20.0 Å². The zero-order chi connectivity index (χ0) is 28.2. The number of rotatable bonds is 12. The molecule has 2 rings (SSSR count). The van der Waals surface area contributed by atoms with Gasteiger partial charge in [-0.3, -0.25) is 9.52 Å². The van der Waals surface area contributed by atoms with Crippen LogP contribution in [0.3, 0.4) is 0 Å². The van der Waals surface area contributed by atoms with Crippen molar-refractivity contribution < 1.29 is 27.9 Å². The van der Waals surface area contributed by atoms with Gasteiger partial charge in [-0.2, -0.15) is 0 Å². The van der Waals surface area contributed by atoms with Crippen LogP contribution in [-0.4, -0.2) is 51.3 Å². The number of anilines is 1. The van der Waals surface area contributed by atoms with E-state index in [0.29, 0.717) is 13.0 Å². The Bertz CT molecular complexity index is 1210. The highest BCUT2D eigenvalue weighted by Gasteiger charge is 2.40. The lowest BCUT2D eigenvalue weighted by Crippen LogP contribution is -2.47. The number of nitrogens with one attached hydrogen (secondary N) is 2. The van der Waals surface area contributed by atoms with Crippen molar-refractivity contribution >= 4 is 30.0 Å². The molecule has 0 bridgehead atoms. The first-order valence-electron chi connectivity index (χ1n) is 12.3. The van der Waals surface area contributed by atoms with E-state index in [9.17, 15) is 18.3 Å². The summed E-state index contributed by atoms with van der Waals surface area (Å²) in [5.41, 5.74) is 2.30. The summed E-state index contributed by atoms with van der Waals surface area (Å²) in [6.07, 6.45) is 1.30. The summed E-state index contributed by atoms with van der Waals surface area (Å²) in [5, 5.41) is 22.9. The minimum atomic E-state index is -3.58. The molecular weight excluding hydrogens is 508 g/mol. The first-order chi connectivity index (χ1) is 16.8. The van der Waals surface area contributed by atoms with Gasteiger partial charge in [-0.1, -0.05) is 51.1 Å². The van der Waals surface area contributed by atoms with Crippen LogP contribution in [0, 0.1) is 0 Å². The number of carboxylic acids is 1. The van der Waals surface area contributed by atoms with Crippen LogP contribution in [0.5, 0.6) is 5.75 Å². The number of aliphatic carboxylic acids is 1. The van der Waals surface area contributed by atoms with E-state index in [1.54, 1.807) is 12.1 Å². The molecule has 8 nitrogen and oxygen atoms in total. The second-order valence-electron chi connectivity index (χ2n) is 11.8. The second-order valence-corrected chi connectivity index (χ2v) is 18.4. The van der Waals surface area contributed by atoms with Crippen molar-refractivity contribution in [1.82, 2.24) is 5.32 Å². The van der Waals surface area contributed by atoms with Crippen LogP contribution in [0.25, 0.3) is 0 Å². The van der Waals surface area contributed by atoms with Crippen molar-refractivity contribution in [3.05, 3.63) is 59.2 Å². The van der Waals surface area contributed by atoms with Crippen molar-refractivity contribution in [2.24, 2.45) is 0 Å². The summed E-state index contributed by atoms with van der Waals surface area (Å²) in [6, 6.07) is 12.5. The van der Waals surface area contributed by atoms with Gasteiger partial charge in [-0.15, -0.1) is 0 Å². The van der Waals surface area contributed by atoms with Gasteiger partial charge in [-0.25, -0.2) is 8.42 Å². The summed E-state index contributed by atoms with van der Waals surface area (Å²) in [6.45, 7) is 15.4. The van der Waals surface area contributed by atoms with Gasteiger partial charge in [0.05, 0.1) is 24.5 Å². The van der Waals surface area contributed by atoms with Crippen LogP contribution in [-0.2, 0) is 32.1 Å². The third-order valence-corrected chi connectivity index (χ3v) is 11.8. The Morgan fingerprint density at radius 2 is 1.68 bits per heavy atom. The van der Waals surface area contributed by atoms with Crippen LogP contribution in [0.4, 0.5) is 5.69 Å². The maximum absolute atomic E-state index is 11.8. The summed E-state index contributed by atoms with van der Waals surface area (Å²) in [5.74, 6) is -1.02. The number of benzene rings is 2. The molecule has 0 radical (unpaired) electrons. The highest BCUT2D eigenvalue weighted by atomic mass is 32.2. The lowest BCUT2D eigenvalue weighted by molar-refractivity contribution is -0.136. The monoisotopic (exact) mass is 550 g/mol. The summed E-state index contributed by atoms with van der Waals surface area (Å²) in [4.78, 5) is 11.1. The molecule has 0 fully saturated rings.